The summed E-state index contributed by atoms with van der Waals surface area (Å²) in [7, 11) is -3.96. The number of benzene rings is 1. The molecule has 0 saturated heterocycles. The molecular formula is C6H6Cl2N2O3S. The van der Waals surface area contributed by atoms with Crippen LogP contribution in [0.3, 0.4) is 0 Å². The van der Waals surface area contributed by atoms with E-state index in [9.17, 15) is 13.5 Å². The molecule has 0 saturated carbocycles. The Labute approximate surface area is 90.5 Å². The van der Waals surface area contributed by atoms with Crippen molar-refractivity contribution < 1.29 is 13.5 Å². The summed E-state index contributed by atoms with van der Waals surface area (Å²) in [6.45, 7) is 0. The number of halogens is 2. The lowest BCUT2D eigenvalue weighted by Crippen LogP contribution is -2.30. The van der Waals surface area contributed by atoms with Gasteiger partial charge < -0.3 is 5.11 Å². The van der Waals surface area contributed by atoms with Crippen molar-refractivity contribution in [2.75, 3.05) is 0 Å². The smallest absolute Gasteiger partial charge is 0.256 e. The first-order chi connectivity index (χ1) is 6.38. The Hall–Kier alpha value is -0.530. The van der Waals surface area contributed by atoms with Gasteiger partial charge in [-0.25, -0.2) is 8.42 Å². The van der Waals surface area contributed by atoms with Crippen molar-refractivity contribution in [2.45, 2.75) is 4.90 Å². The minimum Gasteiger partial charge on any atom is -0.505 e. The number of nitrogens with two attached hydrogens (primary N) is 1. The first-order valence-electron chi connectivity index (χ1n) is 3.29. The van der Waals surface area contributed by atoms with Crippen LogP contribution in [0.4, 0.5) is 0 Å². The number of rotatable bonds is 2. The van der Waals surface area contributed by atoms with Crippen LogP contribution in [0.25, 0.3) is 0 Å². The zero-order valence-corrected chi connectivity index (χ0v) is 8.99. The highest BCUT2D eigenvalue weighted by molar-refractivity contribution is 7.89. The molecule has 0 fully saturated rings. The molecule has 0 unspecified atom stereocenters. The van der Waals surface area contributed by atoms with Crippen LogP contribution in [0.5, 0.6) is 5.75 Å². The van der Waals surface area contributed by atoms with Crippen molar-refractivity contribution in [3.05, 3.63) is 22.2 Å². The number of phenolic OH excluding ortho intramolecular Hbond substituents is 1. The summed E-state index contributed by atoms with van der Waals surface area (Å²) in [4.78, 5) is 1.09. The van der Waals surface area contributed by atoms with Crippen LogP contribution in [0.15, 0.2) is 17.0 Å². The predicted octanol–water partition coefficient (Wildman–Crippen LogP) is 0.851. The molecule has 0 atom stereocenters. The van der Waals surface area contributed by atoms with Gasteiger partial charge in [0, 0.05) is 5.02 Å². The molecule has 78 valence electrons. The second-order valence-corrected chi connectivity index (χ2v) is 4.88. The normalized spacial score (nSPS) is 11.6. The van der Waals surface area contributed by atoms with Crippen LogP contribution in [-0.2, 0) is 10.0 Å². The van der Waals surface area contributed by atoms with E-state index >= 15 is 0 Å². The highest BCUT2D eigenvalue weighted by atomic mass is 35.5. The molecule has 0 amide bonds. The Kier molecular flexibility index (Phi) is 3.23. The van der Waals surface area contributed by atoms with Crippen LogP contribution in [0.1, 0.15) is 0 Å². The van der Waals surface area contributed by atoms with E-state index in [2.05, 4.69) is 0 Å². The highest BCUT2D eigenvalue weighted by Gasteiger charge is 2.19. The fraction of sp³-hybridized carbons (Fsp3) is 0. The van der Waals surface area contributed by atoms with Gasteiger partial charge in [0.1, 0.15) is 4.90 Å². The van der Waals surface area contributed by atoms with Crippen LogP contribution in [0.2, 0.25) is 10.0 Å². The summed E-state index contributed by atoms with van der Waals surface area (Å²) in [5, 5.41) is 9.25. The standard InChI is InChI=1S/C6H6Cl2N2O3S/c7-3-1-4(8)6(11)5(2-3)14(12,13)10-9/h1-2,10-11H,9H2. The van der Waals surface area contributed by atoms with E-state index in [0.29, 0.717) is 0 Å². The third-order valence-corrected chi connectivity index (χ3v) is 3.14. The van der Waals surface area contributed by atoms with E-state index in [4.69, 9.17) is 29.0 Å². The highest BCUT2D eigenvalue weighted by Crippen LogP contribution is 2.33. The van der Waals surface area contributed by atoms with Gasteiger partial charge in [0.05, 0.1) is 5.02 Å². The molecule has 0 heterocycles. The van der Waals surface area contributed by atoms with Crippen molar-refractivity contribution in [1.82, 2.24) is 4.83 Å². The molecule has 0 aliphatic heterocycles. The maximum absolute atomic E-state index is 11.2. The minimum atomic E-state index is -3.96. The van der Waals surface area contributed by atoms with Crippen molar-refractivity contribution in [3.8, 4) is 5.75 Å². The van der Waals surface area contributed by atoms with Crippen LogP contribution in [-0.4, -0.2) is 13.5 Å². The van der Waals surface area contributed by atoms with Crippen LogP contribution < -0.4 is 10.7 Å². The third-order valence-electron chi connectivity index (χ3n) is 1.44. The summed E-state index contributed by atoms with van der Waals surface area (Å²) >= 11 is 11.1. The van der Waals surface area contributed by atoms with E-state index in [-0.39, 0.29) is 10.0 Å². The summed E-state index contributed by atoms with van der Waals surface area (Å²) in [5.74, 6) is 4.18. The molecule has 0 spiro atoms. The van der Waals surface area contributed by atoms with E-state index in [0.717, 1.165) is 6.07 Å². The van der Waals surface area contributed by atoms with E-state index in [1.165, 1.54) is 6.07 Å². The Morgan fingerprint density at radius 2 is 1.93 bits per heavy atom. The number of hydrogen-bond acceptors (Lipinski definition) is 4. The van der Waals surface area contributed by atoms with Gasteiger partial charge in [-0.2, -0.15) is 0 Å². The van der Waals surface area contributed by atoms with Crippen molar-refractivity contribution in [3.63, 3.8) is 0 Å². The Morgan fingerprint density at radius 3 is 2.43 bits per heavy atom. The quantitative estimate of drug-likeness (QED) is 0.541. The van der Waals surface area contributed by atoms with Gasteiger partial charge in [-0.1, -0.05) is 23.2 Å². The summed E-state index contributed by atoms with van der Waals surface area (Å²) < 4.78 is 22.4. The Bertz CT molecular complexity index is 460. The van der Waals surface area contributed by atoms with Crippen LogP contribution in [0, 0.1) is 0 Å². The average molecular weight is 257 g/mol. The molecule has 0 aliphatic carbocycles. The SMILES string of the molecule is NNS(=O)(=O)c1cc(Cl)cc(Cl)c1O. The second kappa shape index (κ2) is 3.92. The fourth-order valence-electron chi connectivity index (χ4n) is 0.811. The summed E-state index contributed by atoms with van der Waals surface area (Å²) in [5.41, 5.74) is 0. The molecular weight excluding hydrogens is 251 g/mol. The zero-order chi connectivity index (χ0) is 10.9. The molecule has 1 aromatic carbocycles. The molecule has 0 aliphatic rings. The summed E-state index contributed by atoms with van der Waals surface area (Å²) in [6.07, 6.45) is 0. The molecule has 1 rings (SSSR count). The average Bonchev–Trinajstić information content (AvgIpc) is 2.11. The van der Waals surface area contributed by atoms with Gasteiger partial charge in [0.25, 0.3) is 10.0 Å². The van der Waals surface area contributed by atoms with Gasteiger partial charge in [0.2, 0.25) is 0 Å². The second-order valence-electron chi connectivity index (χ2n) is 2.36. The molecule has 0 bridgehead atoms. The maximum atomic E-state index is 11.2. The lowest BCUT2D eigenvalue weighted by atomic mass is 10.3. The van der Waals surface area contributed by atoms with Crippen molar-refractivity contribution in [1.29, 1.82) is 0 Å². The van der Waals surface area contributed by atoms with Gasteiger partial charge >= 0.3 is 0 Å². The van der Waals surface area contributed by atoms with Gasteiger partial charge in [0.15, 0.2) is 5.75 Å². The third kappa shape index (κ3) is 2.10. The number of phenols is 1. The molecule has 14 heavy (non-hydrogen) atoms. The fourth-order valence-corrected chi connectivity index (χ4v) is 2.20. The minimum absolute atomic E-state index is 0.0848. The van der Waals surface area contributed by atoms with Gasteiger partial charge in [-0.05, 0) is 12.1 Å². The van der Waals surface area contributed by atoms with E-state index in [1.54, 1.807) is 4.83 Å². The van der Waals surface area contributed by atoms with Gasteiger partial charge in [-0.3, -0.25) is 5.84 Å². The molecule has 8 heteroatoms. The van der Waals surface area contributed by atoms with Gasteiger partial charge in [-0.15, -0.1) is 4.83 Å². The zero-order valence-electron chi connectivity index (χ0n) is 6.66. The molecule has 1 aromatic rings. The number of aromatic hydroxyl groups is 1. The first kappa shape index (κ1) is 11.5. The lowest BCUT2D eigenvalue weighted by Gasteiger charge is -2.06. The summed E-state index contributed by atoms with van der Waals surface area (Å²) in [6, 6.07) is 2.26. The van der Waals surface area contributed by atoms with E-state index < -0.39 is 20.7 Å². The van der Waals surface area contributed by atoms with Crippen molar-refractivity contribution >= 4 is 33.2 Å². The molecule has 4 N–H and O–H groups in total. The number of sulfonamides is 1. The van der Waals surface area contributed by atoms with E-state index in [1.807, 2.05) is 0 Å². The largest absolute Gasteiger partial charge is 0.505 e. The topological polar surface area (TPSA) is 92.4 Å². The monoisotopic (exact) mass is 256 g/mol. The maximum Gasteiger partial charge on any atom is 0.256 e. The molecule has 5 nitrogen and oxygen atoms in total. The molecule has 0 radical (unpaired) electrons. The Balaban J connectivity index is 3.50. The number of hydrazine groups is 1. The molecule has 0 aromatic heterocycles. The Morgan fingerprint density at radius 1 is 1.36 bits per heavy atom. The number of hydrogen-bond donors (Lipinski definition) is 3. The van der Waals surface area contributed by atoms with Crippen molar-refractivity contribution in [2.24, 2.45) is 5.84 Å². The number of nitrogens with one attached hydrogen (secondary N) is 1. The predicted molar refractivity (Wildman–Crippen MR) is 52.6 cm³/mol. The van der Waals surface area contributed by atoms with Crippen LogP contribution >= 0.6 is 23.2 Å². The lowest BCUT2D eigenvalue weighted by molar-refractivity contribution is 0.458. The first-order valence-corrected chi connectivity index (χ1v) is 5.53.